The highest BCUT2D eigenvalue weighted by molar-refractivity contribution is 6.33. The van der Waals surface area contributed by atoms with Crippen LogP contribution in [0.25, 0.3) is 11.1 Å². The first kappa shape index (κ1) is 11.0. The molecule has 0 saturated carbocycles. The van der Waals surface area contributed by atoms with Crippen LogP contribution in [0.1, 0.15) is 6.92 Å². The molecule has 3 nitrogen and oxygen atoms in total. The number of aryl methyl sites for hydroxylation is 1. The van der Waals surface area contributed by atoms with E-state index in [2.05, 4.69) is 5.10 Å². The summed E-state index contributed by atoms with van der Waals surface area (Å²) in [5, 5.41) is 4.33. The molecule has 1 aromatic heterocycles. The van der Waals surface area contributed by atoms with Crippen molar-refractivity contribution in [2.45, 2.75) is 13.5 Å². The van der Waals surface area contributed by atoms with E-state index in [0.29, 0.717) is 11.3 Å². The van der Waals surface area contributed by atoms with Crippen LogP contribution in [0.5, 0.6) is 0 Å². The Hall–Kier alpha value is -1.55. The molecule has 0 fully saturated rings. The Morgan fingerprint density at radius 1 is 1.50 bits per heavy atom. The quantitative estimate of drug-likeness (QED) is 0.819. The first-order valence-corrected chi connectivity index (χ1v) is 5.27. The van der Waals surface area contributed by atoms with Gasteiger partial charge >= 0.3 is 0 Å². The molecule has 2 N–H and O–H groups in total. The van der Waals surface area contributed by atoms with Crippen molar-refractivity contribution in [2.24, 2.45) is 0 Å². The largest absolute Gasteiger partial charge is 0.397 e. The zero-order valence-electron chi connectivity index (χ0n) is 8.74. The number of hydrogen-bond donors (Lipinski definition) is 1. The Morgan fingerprint density at radius 2 is 2.25 bits per heavy atom. The standard InChI is InChI=1S/C11H11ClFN3/c1-2-16-6-7(5-15-16)9-3-8(13)4-10(12)11(9)14/h3-6H,2,14H2,1H3. The summed E-state index contributed by atoms with van der Waals surface area (Å²) < 4.78 is 15.0. The SMILES string of the molecule is CCn1cc(-c2cc(F)cc(Cl)c2N)cn1. The van der Waals surface area contributed by atoms with Gasteiger partial charge in [0.15, 0.2) is 0 Å². The molecule has 0 aliphatic carbocycles. The maximum absolute atomic E-state index is 13.2. The van der Waals surface area contributed by atoms with E-state index in [0.717, 1.165) is 12.1 Å². The number of aromatic nitrogens is 2. The van der Waals surface area contributed by atoms with E-state index < -0.39 is 5.82 Å². The van der Waals surface area contributed by atoms with Gasteiger partial charge in [0.05, 0.1) is 16.9 Å². The van der Waals surface area contributed by atoms with Crippen molar-refractivity contribution in [2.75, 3.05) is 5.73 Å². The molecule has 0 amide bonds. The van der Waals surface area contributed by atoms with Gasteiger partial charge in [-0.15, -0.1) is 0 Å². The second-order valence-corrected chi connectivity index (χ2v) is 3.84. The van der Waals surface area contributed by atoms with Crippen LogP contribution >= 0.6 is 11.6 Å². The molecule has 0 radical (unpaired) electrons. The number of rotatable bonds is 2. The van der Waals surface area contributed by atoms with Crippen molar-refractivity contribution < 1.29 is 4.39 Å². The van der Waals surface area contributed by atoms with Gasteiger partial charge in [-0.05, 0) is 19.1 Å². The number of nitrogen functional groups attached to an aromatic ring is 1. The fourth-order valence-electron chi connectivity index (χ4n) is 1.50. The first-order valence-electron chi connectivity index (χ1n) is 4.89. The Morgan fingerprint density at radius 3 is 2.88 bits per heavy atom. The van der Waals surface area contributed by atoms with Gasteiger partial charge in [-0.2, -0.15) is 5.10 Å². The van der Waals surface area contributed by atoms with Crippen molar-refractivity contribution in [1.29, 1.82) is 0 Å². The number of nitrogens with zero attached hydrogens (tertiary/aromatic N) is 2. The van der Waals surface area contributed by atoms with Gasteiger partial charge in [-0.1, -0.05) is 11.6 Å². The van der Waals surface area contributed by atoms with E-state index in [1.165, 1.54) is 12.1 Å². The second kappa shape index (κ2) is 4.14. The molecule has 1 heterocycles. The van der Waals surface area contributed by atoms with Crippen LogP contribution in [0.3, 0.4) is 0 Å². The summed E-state index contributed by atoms with van der Waals surface area (Å²) in [5.74, 6) is -0.404. The Labute approximate surface area is 97.6 Å². The number of nitrogens with two attached hydrogens (primary N) is 1. The highest BCUT2D eigenvalue weighted by Crippen LogP contribution is 2.32. The molecule has 2 rings (SSSR count). The topological polar surface area (TPSA) is 43.8 Å². The summed E-state index contributed by atoms with van der Waals surface area (Å²) in [6, 6.07) is 2.56. The van der Waals surface area contributed by atoms with Crippen molar-refractivity contribution in [3.8, 4) is 11.1 Å². The molecular weight excluding hydrogens is 229 g/mol. The van der Waals surface area contributed by atoms with Gasteiger partial charge in [-0.25, -0.2) is 4.39 Å². The van der Waals surface area contributed by atoms with Crippen molar-refractivity contribution in [3.63, 3.8) is 0 Å². The van der Waals surface area contributed by atoms with Crippen LogP contribution in [-0.4, -0.2) is 9.78 Å². The first-order chi connectivity index (χ1) is 7.61. The molecule has 84 valence electrons. The summed E-state index contributed by atoms with van der Waals surface area (Å²) in [4.78, 5) is 0. The van der Waals surface area contributed by atoms with Crippen molar-refractivity contribution in [3.05, 3.63) is 35.4 Å². The number of anilines is 1. The maximum Gasteiger partial charge on any atom is 0.125 e. The fourth-order valence-corrected chi connectivity index (χ4v) is 1.71. The Balaban J connectivity index is 2.54. The van der Waals surface area contributed by atoms with E-state index >= 15 is 0 Å². The van der Waals surface area contributed by atoms with Crippen molar-refractivity contribution in [1.82, 2.24) is 9.78 Å². The summed E-state index contributed by atoms with van der Waals surface area (Å²) in [5.41, 5.74) is 7.51. The normalized spacial score (nSPS) is 10.7. The van der Waals surface area contributed by atoms with Crippen LogP contribution in [-0.2, 0) is 6.54 Å². The minimum atomic E-state index is -0.404. The molecule has 0 atom stereocenters. The van der Waals surface area contributed by atoms with Gasteiger partial charge in [-0.3, -0.25) is 4.68 Å². The predicted molar refractivity (Wildman–Crippen MR) is 62.7 cm³/mol. The average molecular weight is 240 g/mol. The monoisotopic (exact) mass is 239 g/mol. The van der Waals surface area contributed by atoms with Gasteiger partial charge in [0.25, 0.3) is 0 Å². The summed E-state index contributed by atoms with van der Waals surface area (Å²) in [6.07, 6.45) is 3.45. The predicted octanol–water partition coefficient (Wildman–Crippen LogP) is 2.94. The Bertz CT molecular complexity index is 522. The Kier molecular flexibility index (Phi) is 2.83. The zero-order valence-corrected chi connectivity index (χ0v) is 9.50. The number of hydrogen-bond acceptors (Lipinski definition) is 2. The van der Waals surface area contributed by atoms with Crippen LogP contribution in [0.2, 0.25) is 5.02 Å². The van der Waals surface area contributed by atoms with Gasteiger partial charge in [0.2, 0.25) is 0 Å². The van der Waals surface area contributed by atoms with Crippen LogP contribution < -0.4 is 5.73 Å². The van der Waals surface area contributed by atoms with Gasteiger partial charge < -0.3 is 5.73 Å². The molecule has 2 aromatic rings. The fraction of sp³-hybridized carbons (Fsp3) is 0.182. The lowest BCUT2D eigenvalue weighted by atomic mass is 10.1. The molecule has 16 heavy (non-hydrogen) atoms. The summed E-state index contributed by atoms with van der Waals surface area (Å²) in [7, 11) is 0. The minimum absolute atomic E-state index is 0.222. The highest BCUT2D eigenvalue weighted by Gasteiger charge is 2.10. The lowest BCUT2D eigenvalue weighted by Gasteiger charge is -2.05. The van der Waals surface area contributed by atoms with Crippen LogP contribution in [0, 0.1) is 5.82 Å². The molecule has 1 aromatic carbocycles. The molecule has 0 bridgehead atoms. The molecule has 0 saturated heterocycles. The third kappa shape index (κ3) is 1.88. The van der Waals surface area contributed by atoms with E-state index in [4.69, 9.17) is 17.3 Å². The van der Waals surface area contributed by atoms with E-state index in [1.807, 2.05) is 13.1 Å². The van der Waals surface area contributed by atoms with Gasteiger partial charge in [0.1, 0.15) is 5.82 Å². The van der Waals surface area contributed by atoms with E-state index in [-0.39, 0.29) is 5.02 Å². The second-order valence-electron chi connectivity index (χ2n) is 3.43. The lowest BCUT2D eigenvalue weighted by molar-refractivity contribution is 0.628. The minimum Gasteiger partial charge on any atom is -0.397 e. The zero-order chi connectivity index (χ0) is 11.7. The van der Waals surface area contributed by atoms with Gasteiger partial charge in [0, 0.05) is 23.9 Å². The molecular formula is C11H11ClFN3. The lowest BCUT2D eigenvalue weighted by Crippen LogP contribution is -1.93. The third-order valence-electron chi connectivity index (χ3n) is 2.36. The number of benzene rings is 1. The maximum atomic E-state index is 13.2. The molecule has 0 unspecified atom stereocenters. The highest BCUT2D eigenvalue weighted by atomic mass is 35.5. The van der Waals surface area contributed by atoms with E-state index in [1.54, 1.807) is 10.9 Å². The van der Waals surface area contributed by atoms with Crippen LogP contribution in [0.4, 0.5) is 10.1 Å². The average Bonchev–Trinajstić information content (AvgIpc) is 2.71. The third-order valence-corrected chi connectivity index (χ3v) is 2.68. The molecule has 5 heteroatoms. The van der Waals surface area contributed by atoms with Crippen molar-refractivity contribution >= 4 is 17.3 Å². The summed E-state index contributed by atoms with van der Waals surface area (Å²) >= 11 is 5.82. The molecule has 0 aliphatic rings. The van der Waals surface area contributed by atoms with Crippen LogP contribution in [0.15, 0.2) is 24.5 Å². The molecule has 0 aliphatic heterocycles. The molecule has 0 spiro atoms. The van der Waals surface area contributed by atoms with E-state index in [9.17, 15) is 4.39 Å². The summed E-state index contributed by atoms with van der Waals surface area (Å²) in [6.45, 7) is 2.72. The smallest absolute Gasteiger partial charge is 0.125 e. The number of halogens is 2.